The lowest BCUT2D eigenvalue weighted by molar-refractivity contribution is -0.136. The molecule has 1 aliphatic carbocycles. The molecule has 1 aliphatic heterocycles. The van der Waals surface area contributed by atoms with Crippen LogP contribution in [0.3, 0.4) is 0 Å². The number of carbonyl (C=O) groups is 3. The second kappa shape index (κ2) is 7.15. The van der Waals surface area contributed by atoms with Crippen molar-refractivity contribution in [1.29, 1.82) is 0 Å². The molecule has 3 rings (SSSR count). The summed E-state index contributed by atoms with van der Waals surface area (Å²) in [6.45, 7) is -0.312. The Morgan fingerprint density at radius 2 is 1.96 bits per heavy atom. The van der Waals surface area contributed by atoms with Gasteiger partial charge in [-0.1, -0.05) is 30.9 Å². The van der Waals surface area contributed by atoms with E-state index in [2.05, 4.69) is 5.32 Å². The van der Waals surface area contributed by atoms with Crippen molar-refractivity contribution >= 4 is 35.1 Å². The molecular weight excluding hydrogens is 358 g/mol. The molecular formula is C18H22ClN3O4. The predicted octanol–water partition coefficient (Wildman–Crippen LogP) is 2.88. The van der Waals surface area contributed by atoms with Crippen molar-refractivity contribution in [1.82, 2.24) is 9.80 Å². The van der Waals surface area contributed by atoms with E-state index >= 15 is 0 Å². The Bertz CT molecular complexity index is 746. The molecule has 0 radical (unpaired) electrons. The zero-order valence-electron chi connectivity index (χ0n) is 14.9. The average Bonchev–Trinajstić information content (AvgIpc) is 2.79. The first-order chi connectivity index (χ1) is 12.4. The largest absolute Gasteiger partial charge is 0.495 e. The van der Waals surface area contributed by atoms with Gasteiger partial charge in [0.15, 0.2) is 0 Å². The number of anilines is 1. The number of methoxy groups -OCH3 is 1. The van der Waals surface area contributed by atoms with E-state index in [4.69, 9.17) is 16.3 Å². The molecule has 1 aromatic rings. The smallest absolute Gasteiger partial charge is 0.327 e. The lowest BCUT2D eigenvalue weighted by Crippen LogP contribution is -2.49. The van der Waals surface area contributed by atoms with E-state index in [0.29, 0.717) is 29.3 Å². The van der Waals surface area contributed by atoms with Crippen LogP contribution in [-0.2, 0) is 9.59 Å². The molecule has 8 heteroatoms. The maximum absolute atomic E-state index is 12.9. The molecule has 1 saturated heterocycles. The van der Waals surface area contributed by atoms with Gasteiger partial charge in [0.1, 0.15) is 17.8 Å². The molecule has 1 heterocycles. The number of likely N-dealkylation sites (N-methyl/N-ethyl adjacent to an activating group) is 1. The molecule has 2 fully saturated rings. The molecule has 0 bridgehead atoms. The van der Waals surface area contributed by atoms with Crippen LogP contribution >= 0.6 is 11.6 Å². The van der Waals surface area contributed by atoms with Crippen molar-refractivity contribution in [2.24, 2.45) is 0 Å². The van der Waals surface area contributed by atoms with E-state index in [1.54, 1.807) is 25.2 Å². The zero-order chi connectivity index (χ0) is 18.9. The highest BCUT2D eigenvalue weighted by molar-refractivity contribution is 6.32. The summed E-state index contributed by atoms with van der Waals surface area (Å²) in [5.41, 5.74) is -0.306. The van der Waals surface area contributed by atoms with Crippen LogP contribution in [-0.4, -0.2) is 53.9 Å². The van der Waals surface area contributed by atoms with Crippen LogP contribution in [0.15, 0.2) is 18.2 Å². The van der Waals surface area contributed by atoms with Crippen LogP contribution in [0.2, 0.25) is 5.02 Å². The maximum Gasteiger partial charge on any atom is 0.327 e. The highest BCUT2D eigenvalue weighted by Gasteiger charge is 2.55. The molecule has 4 amide bonds. The molecule has 26 heavy (non-hydrogen) atoms. The fourth-order valence-electron chi connectivity index (χ4n) is 3.76. The SMILES string of the molecule is COc1ccc(NC(=O)CN2C(=O)N(C)C3(CCCCC3)C2=O)cc1Cl. The minimum absolute atomic E-state index is 0.271. The van der Waals surface area contributed by atoms with Crippen molar-refractivity contribution in [3.8, 4) is 5.75 Å². The number of hydrogen-bond acceptors (Lipinski definition) is 4. The number of nitrogens with zero attached hydrogens (tertiary/aromatic N) is 2. The molecule has 0 aromatic heterocycles. The highest BCUT2D eigenvalue weighted by atomic mass is 35.5. The summed E-state index contributed by atoms with van der Waals surface area (Å²) in [6, 6.07) is 4.42. The Balaban J connectivity index is 1.70. The number of hydrogen-bond donors (Lipinski definition) is 1. The standard InChI is InChI=1S/C18H22ClN3O4/c1-21-17(25)22(16(24)18(21)8-4-3-5-9-18)11-15(23)20-12-6-7-14(26-2)13(19)10-12/h6-7,10H,3-5,8-9,11H2,1-2H3,(H,20,23). The number of benzene rings is 1. The van der Waals surface area contributed by atoms with Gasteiger partial charge in [-0.3, -0.25) is 14.5 Å². The molecule has 7 nitrogen and oxygen atoms in total. The summed E-state index contributed by atoms with van der Waals surface area (Å²) in [5.74, 6) is -0.225. The van der Waals surface area contributed by atoms with Gasteiger partial charge < -0.3 is 15.0 Å². The molecule has 1 saturated carbocycles. The summed E-state index contributed by atoms with van der Waals surface area (Å²) < 4.78 is 5.07. The van der Waals surface area contributed by atoms with Gasteiger partial charge >= 0.3 is 6.03 Å². The number of rotatable bonds is 4. The Labute approximate surface area is 157 Å². The molecule has 140 valence electrons. The molecule has 1 spiro atoms. The number of carbonyl (C=O) groups excluding carboxylic acids is 3. The maximum atomic E-state index is 12.9. The monoisotopic (exact) mass is 379 g/mol. The molecule has 1 aromatic carbocycles. The third-order valence-corrected chi connectivity index (χ3v) is 5.52. The first-order valence-corrected chi connectivity index (χ1v) is 9.00. The van der Waals surface area contributed by atoms with Crippen LogP contribution in [0.4, 0.5) is 10.5 Å². The lowest BCUT2D eigenvalue weighted by atomic mass is 9.81. The molecule has 1 N–H and O–H groups in total. The zero-order valence-corrected chi connectivity index (χ0v) is 15.6. The number of halogens is 1. The first kappa shape index (κ1) is 18.5. The van der Waals surface area contributed by atoms with Crippen molar-refractivity contribution < 1.29 is 19.1 Å². The van der Waals surface area contributed by atoms with Gasteiger partial charge in [0, 0.05) is 12.7 Å². The fourth-order valence-corrected chi connectivity index (χ4v) is 4.02. The first-order valence-electron chi connectivity index (χ1n) is 8.62. The fraction of sp³-hybridized carbons (Fsp3) is 0.500. The summed E-state index contributed by atoms with van der Waals surface area (Å²) in [6.07, 6.45) is 4.19. The average molecular weight is 380 g/mol. The van der Waals surface area contributed by atoms with E-state index in [1.165, 1.54) is 12.0 Å². The predicted molar refractivity (Wildman–Crippen MR) is 97.3 cm³/mol. The van der Waals surface area contributed by atoms with Gasteiger partial charge in [-0.25, -0.2) is 4.79 Å². The van der Waals surface area contributed by atoms with Crippen molar-refractivity contribution in [3.05, 3.63) is 23.2 Å². The van der Waals surface area contributed by atoms with Crippen molar-refractivity contribution in [2.75, 3.05) is 26.0 Å². The topological polar surface area (TPSA) is 79.0 Å². The van der Waals surface area contributed by atoms with Gasteiger partial charge in [0.2, 0.25) is 5.91 Å². The van der Waals surface area contributed by atoms with E-state index < -0.39 is 17.5 Å². The second-order valence-corrected chi connectivity index (χ2v) is 7.13. The van der Waals surface area contributed by atoms with Crippen LogP contribution < -0.4 is 10.1 Å². The van der Waals surface area contributed by atoms with Crippen LogP contribution in [0, 0.1) is 0 Å². The molecule has 0 atom stereocenters. The number of ether oxygens (including phenoxy) is 1. The van der Waals surface area contributed by atoms with Crippen molar-refractivity contribution in [3.63, 3.8) is 0 Å². The van der Waals surface area contributed by atoms with Gasteiger partial charge in [0.25, 0.3) is 5.91 Å². The van der Waals surface area contributed by atoms with Crippen LogP contribution in [0.1, 0.15) is 32.1 Å². The van der Waals surface area contributed by atoms with E-state index in [-0.39, 0.29) is 12.5 Å². The summed E-state index contributed by atoms with van der Waals surface area (Å²) in [7, 11) is 3.15. The van der Waals surface area contributed by atoms with Gasteiger partial charge in [-0.2, -0.15) is 0 Å². The van der Waals surface area contributed by atoms with Gasteiger partial charge in [-0.15, -0.1) is 0 Å². The van der Waals surface area contributed by atoms with E-state index in [9.17, 15) is 14.4 Å². The minimum Gasteiger partial charge on any atom is -0.495 e. The second-order valence-electron chi connectivity index (χ2n) is 6.72. The Morgan fingerprint density at radius 1 is 1.27 bits per heavy atom. The van der Waals surface area contributed by atoms with Crippen molar-refractivity contribution in [2.45, 2.75) is 37.6 Å². The molecule has 2 aliphatic rings. The van der Waals surface area contributed by atoms with E-state index in [0.717, 1.165) is 24.2 Å². The Morgan fingerprint density at radius 3 is 2.58 bits per heavy atom. The number of nitrogens with one attached hydrogen (secondary N) is 1. The third-order valence-electron chi connectivity index (χ3n) is 5.22. The lowest BCUT2D eigenvalue weighted by Gasteiger charge is -2.35. The van der Waals surface area contributed by atoms with Gasteiger partial charge in [0.05, 0.1) is 12.1 Å². The van der Waals surface area contributed by atoms with Gasteiger partial charge in [-0.05, 0) is 31.0 Å². The number of urea groups is 1. The number of imide groups is 1. The summed E-state index contributed by atoms with van der Waals surface area (Å²) in [4.78, 5) is 40.3. The summed E-state index contributed by atoms with van der Waals surface area (Å²) in [5, 5.41) is 3.03. The van der Waals surface area contributed by atoms with Crippen LogP contribution in [0.25, 0.3) is 0 Å². The minimum atomic E-state index is -0.779. The molecule has 0 unspecified atom stereocenters. The third kappa shape index (κ3) is 3.11. The Kier molecular flexibility index (Phi) is 5.09. The highest BCUT2D eigenvalue weighted by Crippen LogP contribution is 2.39. The van der Waals surface area contributed by atoms with E-state index in [1.807, 2.05) is 0 Å². The summed E-state index contributed by atoms with van der Waals surface area (Å²) >= 11 is 6.04. The quantitative estimate of drug-likeness (QED) is 0.816. The van der Waals surface area contributed by atoms with Crippen LogP contribution in [0.5, 0.6) is 5.75 Å². The normalized spacial score (nSPS) is 19.2. The Hall–Kier alpha value is -2.28. The number of amides is 4.